The smallest absolute Gasteiger partial charge is 0.352 e. The molecular formula is C12H10N4O3S2. The molecular weight excluding hydrogens is 312 g/mol. The molecule has 0 bridgehead atoms. The third-order valence-electron chi connectivity index (χ3n) is 2.82. The maximum absolute atomic E-state index is 12.0. The predicted molar refractivity (Wildman–Crippen MR) is 77.8 cm³/mol. The van der Waals surface area contributed by atoms with E-state index in [4.69, 9.17) is 4.74 Å². The van der Waals surface area contributed by atoms with Crippen molar-refractivity contribution in [1.29, 1.82) is 0 Å². The van der Waals surface area contributed by atoms with Crippen LogP contribution in [0.2, 0.25) is 0 Å². The molecule has 0 fully saturated rings. The van der Waals surface area contributed by atoms with Crippen LogP contribution in [0.1, 0.15) is 26.8 Å². The molecule has 0 atom stereocenters. The van der Waals surface area contributed by atoms with Crippen molar-refractivity contribution in [2.75, 3.05) is 0 Å². The lowest BCUT2D eigenvalue weighted by Crippen LogP contribution is -2.16. The van der Waals surface area contributed by atoms with E-state index in [2.05, 4.69) is 14.6 Å². The molecule has 0 aliphatic rings. The zero-order valence-corrected chi connectivity index (χ0v) is 12.8. The Hall–Kier alpha value is -2.13. The fourth-order valence-electron chi connectivity index (χ4n) is 1.80. The summed E-state index contributed by atoms with van der Waals surface area (Å²) in [5.41, 5.74) is 1.61. The molecule has 0 saturated carbocycles. The average molecular weight is 322 g/mol. The average Bonchev–Trinajstić information content (AvgIpc) is 3.03. The van der Waals surface area contributed by atoms with E-state index in [1.165, 1.54) is 21.8 Å². The van der Waals surface area contributed by atoms with Crippen molar-refractivity contribution in [3.8, 4) is 0 Å². The minimum absolute atomic E-state index is 0.0567. The van der Waals surface area contributed by atoms with Crippen molar-refractivity contribution >= 4 is 33.8 Å². The Balaban J connectivity index is 1.81. The number of carbonyl (C=O) groups excluding carboxylic acids is 1. The maximum Gasteiger partial charge on any atom is 0.352 e. The lowest BCUT2D eigenvalue weighted by Gasteiger charge is -2.03. The SMILES string of the molecule is Cc1nnsc1C(=O)OCc1cc(=O)n2c(C)csc2n1. The van der Waals surface area contributed by atoms with E-state index < -0.39 is 5.97 Å². The molecule has 0 aliphatic carbocycles. The van der Waals surface area contributed by atoms with Gasteiger partial charge in [-0.15, -0.1) is 16.4 Å². The van der Waals surface area contributed by atoms with Gasteiger partial charge in [0.25, 0.3) is 5.56 Å². The van der Waals surface area contributed by atoms with E-state index in [9.17, 15) is 9.59 Å². The first-order chi connectivity index (χ1) is 10.1. The third-order valence-corrected chi connectivity index (χ3v) is 4.57. The van der Waals surface area contributed by atoms with Gasteiger partial charge in [0.2, 0.25) is 0 Å². The van der Waals surface area contributed by atoms with E-state index >= 15 is 0 Å². The molecule has 0 aliphatic heterocycles. The van der Waals surface area contributed by atoms with Gasteiger partial charge in [-0.1, -0.05) is 4.49 Å². The summed E-state index contributed by atoms with van der Waals surface area (Å²) in [6, 6.07) is 1.37. The molecule has 0 aromatic carbocycles. The number of esters is 1. The lowest BCUT2D eigenvalue weighted by atomic mass is 10.4. The van der Waals surface area contributed by atoms with Crippen molar-refractivity contribution in [2.24, 2.45) is 0 Å². The van der Waals surface area contributed by atoms with Gasteiger partial charge in [0.1, 0.15) is 6.61 Å². The zero-order chi connectivity index (χ0) is 15.0. The number of aryl methyl sites for hydroxylation is 2. The van der Waals surface area contributed by atoms with E-state index in [0.29, 0.717) is 21.2 Å². The Kier molecular flexibility index (Phi) is 3.52. The topological polar surface area (TPSA) is 86.5 Å². The Bertz CT molecular complexity index is 880. The molecule has 0 saturated heterocycles. The highest BCUT2D eigenvalue weighted by atomic mass is 32.1. The number of fused-ring (bicyclic) bond motifs is 1. The van der Waals surface area contributed by atoms with Crippen LogP contribution in [0.15, 0.2) is 16.2 Å². The maximum atomic E-state index is 12.0. The van der Waals surface area contributed by atoms with E-state index in [0.717, 1.165) is 17.2 Å². The van der Waals surface area contributed by atoms with Crippen LogP contribution in [-0.2, 0) is 11.3 Å². The van der Waals surface area contributed by atoms with Crippen molar-refractivity contribution in [3.63, 3.8) is 0 Å². The third kappa shape index (κ3) is 2.57. The molecule has 0 radical (unpaired) electrons. The summed E-state index contributed by atoms with van der Waals surface area (Å²) in [5, 5.41) is 5.60. The first-order valence-corrected chi connectivity index (χ1v) is 7.64. The van der Waals surface area contributed by atoms with Crippen LogP contribution in [0.3, 0.4) is 0 Å². The molecule has 3 aromatic heterocycles. The fourth-order valence-corrected chi connectivity index (χ4v) is 3.24. The van der Waals surface area contributed by atoms with Gasteiger partial charge in [-0.05, 0) is 25.4 Å². The van der Waals surface area contributed by atoms with Gasteiger partial charge >= 0.3 is 5.97 Å². The predicted octanol–water partition coefficient (Wildman–Crippen LogP) is 1.58. The first-order valence-electron chi connectivity index (χ1n) is 5.99. The Labute approximate surface area is 127 Å². The molecule has 0 amide bonds. The highest BCUT2D eigenvalue weighted by Gasteiger charge is 2.15. The van der Waals surface area contributed by atoms with Crippen LogP contribution in [0.5, 0.6) is 0 Å². The summed E-state index contributed by atoms with van der Waals surface area (Å²) in [6.07, 6.45) is 0. The Morgan fingerprint density at radius 3 is 2.95 bits per heavy atom. The van der Waals surface area contributed by atoms with Crippen molar-refractivity contribution in [2.45, 2.75) is 20.5 Å². The van der Waals surface area contributed by atoms with Crippen LogP contribution in [0, 0.1) is 13.8 Å². The molecule has 7 nitrogen and oxygen atoms in total. The van der Waals surface area contributed by atoms with Gasteiger partial charge in [0.15, 0.2) is 9.84 Å². The molecule has 9 heteroatoms. The van der Waals surface area contributed by atoms with Crippen molar-refractivity contribution in [1.82, 2.24) is 19.0 Å². The minimum atomic E-state index is -0.508. The van der Waals surface area contributed by atoms with E-state index in [-0.39, 0.29) is 12.2 Å². The van der Waals surface area contributed by atoms with Crippen LogP contribution in [0.4, 0.5) is 0 Å². The summed E-state index contributed by atoms with van der Waals surface area (Å²) in [4.78, 5) is 29.1. The van der Waals surface area contributed by atoms with Gasteiger partial charge in [-0.3, -0.25) is 9.20 Å². The van der Waals surface area contributed by atoms with Gasteiger partial charge in [-0.25, -0.2) is 9.78 Å². The number of rotatable bonds is 3. The number of carbonyl (C=O) groups is 1. The number of hydrogen-bond acceptors (Lipinski definition) is 8. The lowest BCUT2D eigenvalue weighted by molar-refractivity contribution is 0.0472. The second-order valence-electron chi connectivity index (χ2n) is 4.34. The van der Waals surface area contributed by atoms with Crippen LogP contribution < -0.4 is 5.56 Å². The van der Waals surface area contributed by atoms with Crippen LogP contribution in [-0.4, -0.2) is 24.9 Å². The largest absolute Gasteiger partial charge is 0.455 e. The van der Waals surface area contributed by atoms with Crippen LogP contribution in [0.25, 0.3) is 4.96 Å². The number of nitrogens with zero attached hydrogens (tertiary/aromatic N) is 4. The monoisotopic (exact) mass is 322 g/mol. The summed E-state index contributed by atoms with van der Waals surface area (Å²) in [7, 11) is 0. The quantitative estimate of drug-likeness (QED) is 0.681. The van der Waals surface area contributed by atoms with E-state index in [1.807, 2.05) is 12.3 Å². The van der Waals surface area contributed by atoms with Crippen LogP contribution >= 0.6 is 22.9 Å². The van der Waals surface area contributed by atoms with Crippen molar-refractivity contribution < 1.29 is 9.53 Å². The number of hydrogen-bond donors (Lipinski definition) is 0. The molecule has 3 aromatic rings. The second kappa shape index (κ2) is 5.34. The summed E-state index contributed by atoms with van der Waals surface area (Å²) >= 11 is 2.35. The number of aromatic nitrogens is 4. The summed E-state index contributed by atoms with van der Waals surface area (Å²) in [6.45, 7) is 3.47. The summed E-state index contributed by atoms with van der Waals surface area (Å²) < 4.78 is 10.3. The summed E-state index contributed by atoms with van der Waals surface area (Å²) in [5.74, 6) is -0.508. The highest BCUT2D eigenvalue weighted by Crippen LogP contribution is 2.14. The normalized spacial score (nSPS) is 11.0. The first kappa shape index (κ1) is 13.8. The molecule has 108 valence electrons. The zero-order valence-electron chi connectivity index (χ0n) is 11.2. The molecule has 21 heavy (non-hydrogen) atoms. The van der Waals surface area contributed by atoms with Crippen molar-refractivity contribution in [3.05, 3.63) is 43.8 Å². The Morgan fingerprint density at radius 2 is 2.24 bits per heavy atom. The number of thiazole rings is 1. The van der Waals surface area contributed by atoms with E-state index in [1.54, 1.807) is 6.92 Å². The highest BCUT2D eigenvalue weighted by molar-refractivity contribution is 7.15. The van der Waals surface area contributed by atoms with Gasteiger partial charge < -0.3 is 4.74 Å². The molecule has 0 spiro atoms. The fraction of sp³-hybridized carbons (Fsp3) is 0.250. The van der Waals surface area contributed by atoms with Gasteiger partial charge in [-0.2, -0.15) is 0 Å². The molecule has 0 unspecified atom stereocenters. The Morgan fingerprint density at radius 1 is 1.43 bits per heavy atom. The van der Waals surface area contributed by atoms with Gasteiger partial charge in [0.05, 0.1) is 11.4 Å². The minimum Gasteiger partial charge on any atom is -0.455 e. The van der Waals surface area contributed by atoms with Gasteiger partial charge in [0, 0.05) is 17.1 Å². The molecule has 3 heterocycles. The molecule has 0 N–H and O–H groups in total. The second-order valence-corrected chi connectivity index (χ2v) is 5.94. The number of ether oxygens (including phenoxy) is 1. The standard InChI is InChI=1S/C12H10N4O3S2/c1-6-5-20-12-13-8(3-9(17)16(6)12)4-19-11(18)10-7(2)14-15-21-10/h3,5H,4H2,1-2H3. The molecule has 3 rings (SSSR count).